The van der Waals surface area contributed by atoms with E-state index in [1.165, 1.54) is 0 Å². The Labute approximate surface area is 88.7 Å². The first-order valence-electron chi connectivity index (χ1n) is 5.19. The van der Waals surface area contributed by atoms with E-state index in [9.17, 15) is 9.59 Å². The van der Waals surface area contributed by atoms with E-state index in [1.54, 1.807) is 0 Å². The Kier molecular flexibility index (Phi) is 5.10. The van der Waals surface area contributed by atoms with E-state index < -0.39 is 11.9 Å². The van der Waals surface area contributed by atoms with Gasteiger partial charge in [-0.1, -0.05) is 6.92 Å². The predicted octanol–water partition coefficient (Wildman–Crippen LogP) is 0.662. The lowest BCUT2D eigenvalue weighted by Gasteiger charge is -2.09. The first-order valence-corrected chi connectivity index (χ1v) is 5.19. The van der Waals surface area contributed by atoms with Gasteiger partial charge in [-0.05, 0) is 19.3 Å². The van der Waals surface area contributed by atoms with Crippen LogP contribution < -0.4 is 0 Å². The van der Waals surface area contributed by atoms with Crippen molar-refractivity contribution < 1.29 is 23.8 Å². The van der Waals surface area contributed by atoms with Crippen molar-refractivity contribution in [2.24, 2.45) is 0 Å². The van der Waals surface area contributed by atoms with Gasteiger partial charge >= 0.3 is 11.9 Å². The lowest BCUT2D eigenvalue weighted by molar-refractivity contribution is -0.169. The van der Waals surface area contributed by atoms with Gasteiger partial charge in [0.25, 0.3) is 0 Å². The second-order valence-corrected chi connectivity index (χ2v) is 3.37. The minimum absolute atomic E-state index is 0.0621. The normalized spacial score (nSPS) is 19.9. The third-order valence-corrected chi connectivity index (χ3v) is 2.03. The third kappa shape index (κ3) is 4.29. The largest absolute Gasteiger partial charge is 0.457 e. The lowest BCUT2D eigenvalue weighted by atomic mass is 10.2. The van der Waals surface area contributed by atoms with E-state index in [-0.39, 0.29) is 19.3 Å². The Bertz CT molecular complexity index is 220. The Morgan fingerprint density at radius 1 is 1.33 bits per heavy atom. The van der Waals surface area contributed by atoms with E-state index in [2.05, 4.69) is 4.74 Å². The first-order chi connectivity index (χ1) is 7.24. The fourth-order valence-electron chi connectivity index (χ4n) is 1.26. The summed E-state index contributed by atoms with van der Waals surface area (Å²) in [4.78, 5) is 22.0. The van der Waals surface area contributed by atoms with Crippen molar-refractivity contribution in [1.29, 1.82) is 0 Å². The number of carbonyl (C=O) groups is 2. The van der Waals surface area contributed by atoms with Gasteiger partial charge in [0.1, 0.15) is 6.61 Å². The van der Waals surface area contributed by atoms with Crippen molar-refractivity contribution in [1.82, 2.24) is 0 Å². The second kappa shape index (κ2) is 6.40. The molecule has 0 unspecified atom stereocenters. The van der Waals surface area contributed by atoms with Crippen LogP contribution in [0.2, 0.25) is 0 Å². The highest BCUT2D eigenvalue weighted by molar-refractivity contribution is 6.29. The summed E-state index contributed by atoms with van der Waals surface area (Å²) >= 11 is 0. The third-order valence-electron chi connectivity index (χ3n) is 2.03. The molecule has 5 heteroatoms. The van der Waals surface area contributed by atoms with Crippen LogP contribution in [0.1, 0.15) is 26.2 Å². The highest BCUT2D eigenvalue weighted by Gasteiger charge is 2.21. The van der Waals surface area contributed by atoms with Gasteiger partial charge in [-0.25, -0.2) is 9.59 Å². The summed E-state index contributed by atoms with van der Waals surface area (Å²) in [6, 6.07) is 0. The van der Waals surface area contributed by atoms with Gasteiger partial charge in [-0.15, -0.1) is 0 Å². The Morgan fingerprint density at radius 2 is 2.07 bits per heavy atom. The smallest absolute Gasteiger partial charge is 0.417 e. The Morgan fingerprint density at radius 3 is 2.67 bits per heavy atom. The van der Waals surface area contributed by atoms with Crippen molar-refractivity contribution >= 4 is 11.9 Å². The molecule has 86 valence electrons. The molecule has 1 aliphatic rings. The van der Waals surface area contributed by atoms with E-state index in [4.69, 9.17) is 9.47 Å². The monoisotopic (exact) mass is 216 g/mol. The topological polar surface area (TPSA) is 61.8 Å². The van der Waals surface area contributed by atoms with Crippen LogP contribution in [0.15, 0.2) is 0 Å². The molecule has 1 atom stereocenters. The molecule has 0 saturated carbocycles. The van der Waals surface area contributed by atoms with Gasteiger partial charge in [-0.2, -0.15) is 0 Å². The molecule has 0 spiro atoms. The first kappa shape index (κ1) is 12.0. The molecule has 1 heterocycles. The molecule has 1 saturated heterocycles. The summed E-state index contributed by atoms with van der Waals surface area (Å²) in [7, 11) is 0. The SMILES string of the molecule is CCCOC(=O)C(=O)OC[C@@H]1CCCO1. The maximum absolute atomic E-state index is 11.1. The van der Waals surface area contributed by atoms with Crippen molar-refractivity contribution in [2.75, 3.05) is 19.8 Å². The van der Waals surface area contributed by atoms with Crippen LogP contribution in [-0.2, 0) is 23.8 Å². The molecular weight excluding hydrogens is 200 g/mol. The molecule has 0 bridgehead atoms. The van der Waals surface area contributed by atoms with Crippen LogP contribution in [0.4, 0.5) is 0 Å². The molecule has 0 aromatic rings. The van der Waals surface area contributed by atoms with Gasteiger partial charge < -0.3 is 14.2 Å². The van der Waals surface area contributed by atoms with Crippen LogP contribution in [0, 0.1) is 0 Å². The van der Waals surface area contributed by atoms with E-state index in [0.717, 1.165) is 12.8 Å². The van der Waals surface area contributed by atoms with Crippen LogP contribution in [0.25, 0.3) is 0 Å². The van der Waals surface area contributed by atoms with E-state index >= 15 is 0 Å². The zero-order valence-corrected chi connectivity index (χ0v) is 8.86. The average molecular weight is 216 g/mol. The molecule has 0 aromatic carbocycles. The summed E-state index contributed by atoms with van der Waals surface area (Å²) in [5, 5.41) is 0. The summed E-state index contributed by atoms with van der Waals surface area (Å²) in [6.07, 6.45) is 2.47. The number of esters is 2. The van der Waals surface area contributed by atoms with Crippen molar-refractivity contribution in [3.05, 3.63) is 0 Å². The highest BCUT2D eigenvalue weighted by atomic mass is 16.6. The van der Waals surface area contributed by atoms with E-state index in [1.807, 2.05) is 6.92 Å². The molecule has 15 heavy (non-hydrogen) atoms. The van der Waals surface area contributed by atoms with Crippen molar-refractivity contribution in [3.63, 3.8) is 0 Å². The fraction of sp³-hybridized carbons (Fsp3) is 0.800. The molecule has 0 aliphatic carbocycles. The lowest BCUT2D eigenvalue weighted by Crippen LogP contribution is -2.25. The van der Waals surface area contributed by atoms with Gasteiger partial charge in [0.2, 0.25) is 0 Å². The molecule has 0 radical (unpaired) electrons. The Balaban J connectivity index is 2.14. The van der Waals surface area contributed by atoms with Crippen LogP contribution in [0.5, 0.6) is 0 Å². The Hall–Kier alpha value is -1.10. The van der Waals surface area contributed by atoms with Gasteiger partial charge in [0.15, 0.2) is 0 Å². The molecule has 0 aromatic heterocycles. The van der Waals surface area contributed by atoms with Gasteiger partial charge in [0, 0.05) is 6.61 Å². The van der Waals surface area contributed by atoms with Crippen molar-refractivity contribution in [2.45, 2.75) is 32.3 Å². The molecule has 1 aliphatic heterocycles. The second-order valence-electron chi connectivity index (χ2n) is 3.37. The molecule has 0 amide bonds. The molecule has 0 N–H and O–H groups in total. The summed E-state index contributed by atoms with van der Waals surface area (Å²) in [5.74, 6) is -1.85. The minimum Gasteiger partial charge on any atom is -0.457 e. The minimum atomic E-state index is -0.932. The maximum Gasteiger partial charge on any atom is 0.417 e. The molecular formula is C10H16O5. The fourth-order valence-corrected chi connectivity index (χ4v) is 1.26. The summed E-state index contributed by atoms with van der Waals surface area (Å²) in [6.45, 7) is 2.93. The molecule has 1 rings (SSSR count). The molecule has 1 fully saturated rings. The quantitative estimate of drug-likeness (QED) is 0.510. The number of rotatable bonds is 4. The van der Waals surface area contributed by atoms with Crippen molar-refractivity contribution in [3.8, 4) is 0 Å². The number of ether oxygens (including phenoxy) is 3. The maximum atomic E-state index is 11.1. The average Bonchev–Trinajstić information content (AvgIpc) is 2.75. The standard InChI is InChI=1S/C10H16O5/c1-2-5-14-9(11)10(12)15-7-8-4-3-6-13-8/h8H,2-7H2,1H3/t8-/m0/s1. The predicted molar refractivity (Wildman–Crippen MR) is 51.2 cm³/mol. The number of carbonyl (C=O) groups excluding carboxylic acids is 2. The zero-order valence-electron chi connectivity index (χ0n) is 8.86. The number of hydrogen-bond donors (Lipinski definition) is 0. The summed E-state index contributed by atoms with van der Waals surface area (Å²) in [5.41, 5.74) is 0. The zero-order chi connectivity index (χ0) is 11.1. The van der Waals surface area contributed by atoms with Crippen LogP contribution in [-0.4, -0.2) is 37.9 Å². The highest BCUT2D eigenvalue weighted by Crippen LogP contribution is 2.11. The van der Waals surface area contributed by atoms with Crippen LogP contribution >= 0.6 is 0 Å². The summed E-state index contributed by atoms with van der Waals surface area (Å²) < 4.78 is 14.6. The van der Waals surface area contributed by atoms with Gasteiger partial charge in [0.05, 0.1) is 12.7 Å². The van der Waals surface area contributed by atoms with Gasteiger partial charge in [-0.3, -0.25) is 0 Å². The molecule has 5 nitrogen and oxygen atoms in total. The van der Waals surface area contributed by atoms with Crippen LogP contribution in [0.3, 0.4) is 0 Å². The number of hydrogen-bond acceptors (Lipinski definition) is 5. The van der Waals surface area contributed by atoms with E-state index in [0.29, 0.717) is 13.0 Å².